The standard InChI is InChI=1S/C27H39N4.C24H31F2N7.W/c1-7-9-16-25(22(3)28-4)31(6)26-17-12-15-24(27(26)30(5)8-2)14-11-10-13-23-18-20-29-21-19-23;1-15(28-20-14-33(30-22(20)23(25)26)17-5-3-2-4-6-17)19-12-27-32-10-9-21(29-24(19)32)31-13-16-7-8-18(31)11-16;/h7-8,12,15,17,23,25,28H,1-3,9-10,13,16,18-21H2,4-6H3;12,14,16-18,23,28H,1-11,13H2;/q-1;;. The van der Waals surface area contributed by atoms with Gasteiger partial charge in [-0.3, -0.25) is 4.68 Å². The third-order valence-electron chi connectivity index (χ3n) is 14.0. The van der Waals surface area contributed by atoms with E-state index in [0.29, 0.717) is 17.4 Å². The predicted molar refractivity (Wildman–Crippen MR) is 261 cm³/mol. The molecule has 0 radical (unpaired) electrons. The Labute approximate surface area is 401 Å². The van der Waals surface area contributed by atoms with E-state index in [1.54, 1.807) is 17.1 Å². The summed E-state index contributed by atoms with van der Waals surface area (Å²) in [5.41, 5.74) is 5.59. The molecule has 2 aromatic heterocycles. The van der Waals surface area contributed by atoms with Gasteiger partial charge in [0.25, 0.3) is 6.43 Å². The van der Waals surface area contributed by atoms with Crippen LogP contribution in [0.2, 0.25) is 0 Å². The molecule has 11 nitrogen and oxygen atoms in total. The molecule has 65 heavy (non-hydrogen) atoms. The molecule has 2 saturated carbocycles. The van der Waals surface area contributed by atoms with E-state index in [-0.39, 0.29) is 38.8 Å². The Hall–Kier alpha value is -4.66. The number of aliphatic imine (C=N–C) groups is 1. The molecule has 3 unspecified atom stereocenters. The van der Waals surface area contributed by atoms with Crippen LogP contribution < -0.4 is 20.4 Å². The Morgan fingerprint density at radius 1 is 1.05 bits per heavy atom. The molecule has 2 N–H and O–H groups in total. The maximum Gasteiger partial charge on any atom is 0.284 e. The fourth-order valence-corrected chi connectivity index (χ4v) is 10.2. The van der Waals surface area contributed by atoms with Crippen molar-refractivity contribution in [1.82, 2.24) is 29.8 Å². The molecule has 2 saturated heterocycles. The van der Waals surface area contributed by atoms with Gasteiger partial charge in [-0.1, -0.05) is 75.8 Å². The zero-order valence-corrected chi connectivity index (χ0v) is 41.9. The minimum absolute atomic E-state index is 0. The molecule has 2 bridgehead atoms. The Morgan fingerprint density at radius 2 is 1.83 bits per heavy atom. The minimum Gasteiger partial charge on any atom is -0.662 e. The summed E-state index contributed by atoms with van der Waals surface area (Å²) >= 11 is 0. The molecule has 3 aromatic rings. The monoisotopic (exact) mass is 1060 g/mol. The summed E-state index contributed by atoms with van der Waals surface area (Å²) in [4.78, 5) is 11.8. The van der Waals surface area contributed by atoms with Crippen LogP contribution in [0.25, 0.3) is 11.0 Å². The van der Waals surface area contributed by atoms with Crippen molar-refractivity contribution < 1.29 is 29.8 Å². The molecular weight excluding hydrogens is 988 g/mol. The van der Waals surface area contributed by atoms with Crippen molar-refractivity contribution in [2.75, 3.05) is 55.9 Å². The van der Waals surface area contributed by atoms with Crippen LogP contribution in [0, 0.1) is 23.7 Å². The van der Waals surface area contributed by atoms with Crippen LogP contribution in [-0.4, -0.2) is 83.2 Å². The maximum absolute atomic E-state index is 13.8. The van der Waals surface area contributed by atoms with E-state index < -0.39 is 6.43 Å². The summed E-state index contributed by atoms with van der Waals surface area (Å²) < 4.78 is 31.2. The second kappa shape index (κ2) is 23.7. The van der Waals surface area contributed by atoms with Crippen molar-refractivity contribution in [3.63, 3.8) is 0 Å². The summed E-state index contributed by atoms with van der Waals surface area (Å²) in [6, 6.07) is 7.30. The zero-order chi connectivity index (χ0) is 45.2. The van der Waals surface area contributed by atoms with Gasteiger partial charge in [0, 0.05) is 85.2 Å². The van der Waals surface area contributed by atoms with Gasteiger partial charge in [-0.05, 0) is 81.5 Å². The number of aryl methyl sites for hydroxylation is 1. The second-order valence-electron chi connectivity index (χ2n) is 18.2. The van der Waals surface area contributed by atoms with E-state index in [1.165, 1.54) is 44.9 Å². The van der Waals surface area contributed by atoms with E-state index in [2.05, 4.69) is 104 Å². The van der Waals surface area contributed by atoms with Gasteiger partial charge in [-0.25, -0.2) is 18.5 Å². The first-order valence-electron chi connectivity index (χ1n) is 23.6. The number of allylic oxidation sites excluding steroid dienone is 1. The Balaban J connectivity index is 0.000000213. The van der Waals surface area contributed by atoms with E-state index in [0.717, 1.165) is 129 Å². The fraction of sp³-hybridized carbons (Fsp3) is 0.549. The Kier molecular flexibility index (Phi) is 18.1. The number of hydrogen-bond acceptors (Lipinski definition) is 8. The van der Waals surface area contributed by atoms with Crippen LogP contribution in [0.3, 0.4) is 0 Å². The normalized spacial score (nSPS) is 19.7. The first kappa shape index (κ1) is 49.8. The number of likely N-dealkylation sites (tertiary alicyclic amines) is 1. The number of amidine groups is 1. The van der Waals surface area contributed by atoms with Crippen LogP contribution in [-0.2, 0) is 27.6 Å². The molecule has 5 heterocycles. The smallest absolute Gasteiger partial charge is 0.284 e. The summed E-state index contributed by atoms with van der Waals surface area (Å²) in [5.74, 6) is 10.3. The van der Waals surface area contributed by atoms with Crippen LogP contribution in [0.15, 0.2) is 79.9 Å². The number of para-hydroxylation sites is 1. The van der Waals surface area contributed by atoms with Crippen molar-refractivity contribution in [3.05, 3.63) is 97.0 Å². The van der Waals surface area contributed by atoms with E-state index in [9.17, 15) is 8.78 Å². The number of anilines is 3. The topological polar surface area (TPSA) is 95.9 Å². The minimum atomic E-state index is -2.65. The first-order valence-corrected chi connectivity index (χ1v) is 23.6. The van der Waals surface area contributed by atoms with Crippen molar-refractivity contribution in [1.29, 1.82) is 0 Å². The number of alkyl halides is 2. The summed E-state index contributed by atoms with van der Waals surface area (Å²) in [6.45, 7) is 20.2. The molecule has 4 fully saturated rings. The van der Waals surface area contributed by atoms with Gasteiger partial charge in [0.2, 0.25) is 0 Å². The number of nitrogens with one attached hydrogen (secondary N) is 2. The average Bonchev–Trinajstić information content (AvgIpc) is 4.16. The van der Waals surface area contributed by atoms with E-state index in [4.69, 9.17) is 4.99 Å². The molecule has 3 aliphatic heterocycles. The molecule has 0 amide bonds. The van der Waals surface area contributed by atoms with Gasteiger partial charge in [0.15, 0.2) is 11.5 Å². The third-order valence-corrected chi connectivity index (χ3v) is 14.0. The van der Waals surface area contributed by atoms with Crippen LogP contribution >= 0.6 is 0 Å². The second-order valence-corrected chi connectivity index (χ2v) is 18.2. The van der Waals surface area contributed by atoms with Crippen molar-refractivity contribution in [3.8, 4) is 11.8 Å². The maximum atomic E-state index is 13.8. The number of aromatic nitrogens is 4. The number of benzene rings is 1. The largest absolute Gasteiger partial charge is 0.662 e. The molecule has 8 rings (SSSR count). The quantitative estimate of drug-likeness (QED) is 0.109. The SMILES string of the molecule is C=C(Nc1cn(C2CCCCC2)nc1C(F)F)c1cnn2c1N=C(N1CC3CCC1C3)CC2.C=CCCC(C(=C)NC)N(C)c1cccc(C#CCCC2CC[N-]CC2)c1N(C)C=C.[W]. The molecular formula is C51H70F2N11W-. The molecule has 350 valence electrons. The molecule has 0 spiro atoms. The van der Waals surface area contributed by atoms with Gasteiger partial charge in [0.1, 0.15) is 5.84 Å². The number of likely N-dealkylation sites (N-methyl/N-ethyl adjacent to an activating group) is 2. The van der Waals surface area contributed by atoms with Crippen LogP contribution in [0.4, 0.5) is 31.7 Å². The molecule has 5 aliphatic rings. The zero-order valence-electron chi connectivity index (χ0n) is 39.0. The summed E-state index contributed by atoms with van der Waals surface area (Å²) in [6.07, 6.45) is 21.2. The average molecular weight is 1060 g/mol. The first-order chi connectivity index (χ1) is 31.1. The number of hydrogen-bond donors (Lipinski definition) is 2. The van der Waals surface area contributed by atoms with Gasteiger partial charge < -0.3 is 30.7 Å². The Morgan fingerprint density at radius 3 is 2.51 bits per heavy atom. The number of halogens is 2. The van der Waals surface area contributed by atoms with Gasteiger partial charge in [-0.2, -0.15) is 10.2 Å². The van der Waals surface area contributed by atoms with E-state index in [1.807, 2.05) is 31.1 Å². The predicted octanol–water partition coefficient (Wildman–Crippen LogP) is 11.2. The third kappa shape index (κ3) is 12.0. The molecule has 2 aliphatic carbocycles. The van der Waals surface area contributed by atoms with Gasteiger partial charge in [-0.15, -0.1) is 19.7 Å². The number of rotatable bonds is 16. The fourth-order valence-electron chi connectivity index (χ4n) is 10.2. The van der Waals surface area contributed by atoms with E-state index >= 15 is 0 Å². The van der Waals surface area contributed by atoms with Gasteiger partial charge >= 0.3 is 0 Å². The van der Waals surface area contributed by atoms with Crippen molar-refractivity contribution in [2.45, 2.75) is 127 Å². The molecule has 1 aromatic carbocycles. The van der Waals surface area contributed by atoms with Crippen molar-refractivity contribution >= 4 is 34.4 Å². The van der Waals surface area contributed by atoms with Crippen molar-refractivity contribution in [2.24, 2.45) is 16.8 Å². The van der Waals surface area contributed by atoms with Crippen LogP contribution in [0.1, 0.15) is 126 Å². The summed E-state index contributed by atoms with van der Waals surface area (Å²) in [5, 5.41) is 19.5. The van der Waals surface area contributed by atoms with Gasteiger partial charge in [0.05, 0.1) is 53.0 Å². The number of fused-ring (bicyclic) bond motifs is 3. The summed E-state index contributed by atoms with van der Waals surface area (Å²) in [7, 11) is 6.08. The molecule has 14 heteroatoms. The number of piperidine rings is 2. The molecule has 3 atom stereocenters. The van der Waals surface area contributed by atoms with Crippen LogP contribution in [0.5, 0.6) is 0 Å². The Bertz CT molecular complexity index is 2190. The number of nitrogens with zero attached hydrogens (tertiary/aromatic N) is 9.